The zero-order chi connectivity index (χ0) is 50.3. The number of amides is 7. The molecule has 3 heterocycles. The molecule has 0 saturated carbocycles. The number of nitrogens with zero attached hydrogens (tertiary/aromatic N) is 2. The van der Waals surface area contributed by atoms with Crippen LogP contribution in [0.25, 0.3) is 11.1 Å². The van der Waals surface area contributed by atoms with Crippen molar-refractivity contribution in [1.82, 2.24) is 36.4 Å². The zero-order valence-corrected chi connectivity index (χ0v) is 38.5. The molecule has 0 bridgehead atoms. The van der Waals surface area contributed by atoms with E-state index in [0.29, 0.717) is 11.3 Å². The van der Waals surface area contributed by atoms with Gasteiger partial charge in [0.05, 0.1) is 38.6 Å². The number of aromatic hydroxyl groups is 1. The summed E-state index contributed by atoms with van der Waals surface area (Å²) in [5, 5.41) is 66.1. The van der Waals surface area contributed by atoms with Crippen molar-refractivity contribution >= 4 is 47.1 Å². The summed E-state index contributed by atoms with van der Waals surface area (Å²) in [6.07, 6.45) is -5.82. The smallest absolute Gasteiger partial charge is 0.251 e. The highest BCUT2D eigenvalue weighted by Crippen LogP contribution is 2.27. The number of benzene rings is 3. The summed E-state index contributed by atoms with van der Waals surface area (Å²) in [7, 11) is 1.54. The molecule has 21 heteroatoms. The average Bonchev–Trinajstić information content (AvgIpc) is 3.88. The number of Topliss-reactive ketones (excluding diaryl/α,β-unsaturated/α-hetero) is 1. The number of ether oxygens (including phenoxy) is 1. The van der Waals surface area contributed by atoms with Crippen molar-refractivity contribution in [3.05, 3.63) is 83.9 Å². The van der Waals surface area contributed by atoms with Crippen molar-refractivity contribution in [1.29, 1.82) is 0 Å². The first-order valence-electron chi connectivity index (χ1n) is 22.6. The molecule has 3 fully saturated rings. The number of carbonyl (C=O) groups excluding carboxylic acids is 8. The van der Waals surface area contributed by atoms with Gasteiger partial charge in [0, 0.05) is 37.4 Å². The Morgan fingerprint density at radius 1 is 0.783 bits per heavy atom. The van der Waals surface area contributed by atoms with Crippen molar-refractivity contribution in [2.45, 2.75) is 94.6 Å². The highest BCUT2D eigenvalue weighted by Gasteiger charge is 2.48. The van der Waals surface area contributed by atoms with Crippen LogP contribution in [0.15, 0.2) is 72.8 Å². The highest BCUT2D eigenvalue weighted by atomic mass is 16.5. The first-order chi connectivity index (χ1) is 32.8. The number of aliphatic hydroxyl groups is 4. The quantitative estimate of drug-likeness (QED) is 0.113. The number of nitrogens with one attached hydrogen (secondary N) is 5. The molecule has 0 spiro atoms. The fourth-order valence-electron chi connectivity index (χ4n) is 8.77. The van der Waals surface area contributed by atoms with Crippen molar-refractivity contribution in [3.63, 3.8) is 0 Å². The van der Waals surface area contributed by atoms with Gasteiger partial charge in [-0.2, -0.15) is 0 Å². The molecule has 10 N–H and O–H groups in total. The minimum absolute atomic E-state index is 0.0283. The summed E-state index contributed by atoms with van der Waals surface area (Å²) in [6.45, 7) is 2.40. The number of ketones is 1. The van der Waals surface area contributed by atoms with E-state index in [9.17, 15) is 63.9 Å². The van der Waals surface area contributed by atoms with E-state index in [2.05, 4.69) is 26.6 Å². The van der Waals surface area contributed by atoms with E-state index in [4.69, 9.17) is 4.74 Å². The monoisotopic (exact) mass is 957 g/mol. The predicted octanol–water partition coefficient (Wildman–Crippen LogP) is -1.87. The summed E-state index contributed by atoms with van der Waals surface area (Å²) >= 11 is 0. The van der Waals surface area contributed by atoms with Crippen LogP contribution < -0.4 is 31.3 Å². The zero-order valence-electron chi connectivity index (χ0n) is 38.5. The number of methoxy groups -OCH3 is 1. The van der Waals surface area contributed by atoms with Crippen molar-refractivity contribution in [2.75, 3.05) is 33.4 Å². The molecule has 3 aromatic rings. The van der Waals surface area contributed by atoms with Crippen molar-refractivity contribution in [3.8, 4) is 22.6 Å². The minimum Gasteiger partial charge on any atom is -0.508 e. The maximum Gasteiger partial charge on any atom is 0.251 e. The maximum absolute atomic E-state index is 14.4. The van der Waals surface area contributed by atoms with Crippen LogP contribution in [0, 0.1) is 11.8 Å². The van der Waals surface area contributed by atoms with Gasteiger partial charge in [-0.25, -0.2) is 0 Å². The maximum atomic E-state index is 14.4. The largest absolute Gasteiger partial charge is 0.508 e. The molecule has 0 aliphatic carbocycles. The molecular weight excluding hydrogens is 899 g/mol. The summed E-state index contributed by atoms with van der Waals surface area (Å²) in [5.41, 5.74) is 2.07. The van der Waals surface area contributed by atoms with Crippen LogP contribution >= 0.6 is 0 Å². The Bertz CT molecular complexity index is 2380. The lowest BCUT2D eigenvalue weighted by Gasteiger charge is -2.32. The van der Waals surface area contributed by atoms with E-state index in [1.165, 1.54) is 50.4 Å². The lowest BCUT2D eigenvalue weighted by Crippen LogP contribution is -2.63. The van der Waals surface area contributed by atoms with Crippen molar-refractivity contribution < 1.29 is 68.6 Å². The van der Waals surface area contributed by atoms with Crippen LogP contribution in [0.2, 0.25) is 0 Å². The molecule has 0 radical (unpaired) electrons. The van der Waals surface area contributed by atoms with Crippen molar-refractivity contribution in [2.24, 2.45) is 11.8 Å². The number of fused-ring (bicyclic) bond motifs is 2. The Kier molecular flexibility index (Phi) is 16.7. The number of phenolic OH excluding ortho intramolecular Hbond substituents is 1. The van der Waals surface area contributed by atoms with Crippen LogP contribution in [0.4, 0.5) is 0 Å². The van der Waals surface area contributed by atoms with Gasteiger partial charge in [-0.3, -0.25) is 38.4 Å². The number of phenols is 1. The number of carbonyl (C=O) groups is 8. The summed E-state index contributed by atoms with van der Waals surface area (Å²) in [6, 6.07) is 9.03. The van der Waals surface area contributed by atoms with E-state index in [-0.39, 0.29) is 43.2 Å². The van der Waals surface area contributed by atoms with Crippen LogP contribution in [-0.2, 0) is 40.0 Å². The molecule has 3 aliphatic heterocycles. The van der Waals surface area contributed by atoms with Crippen LogP contribution in [0.3, 0.4) is 0 Å². The van der Waals surface area contributed by atoms with Gasteiger partial charge < -0.3 is 66.7 Å². The third-order valence-electron chi connectivity index (χ3n) is 12.6. The number of rotatable bonds is 9. The Balaban J connectivity index is 1.34. The second-order valence-electron chi connectivity index (χ2n) is 17.9. The van der Waals surface area contributed by atoms with Gasteiger partial charge in [0.2, 0.25) is 35.4 Å². The van der Waals surface area contributed by atoms with Crippen LogP contribution in [0.5, 0.6) is 11.5 Å². The van der Waals surface area contributed by atoms with E-state index in [1.807, 2.05) is 12.1 Å². The van der Waals surface area contributed by atoms with Crippen LogP contribution in [-0.4, -0.2) is 170 Å². The number of hydrogen-bond acceptors (Lipinski definition) is 14. The molecule has 7 amide bonds. The van der Waals surface area contributed by atoms with E-state index in [1.54, 1.807) is 38.1 Å². The molecule has 0 aromatic heterocycles. The fourth-order valence-corrected chi connectivity index (χ4v) is 8.77. The molecular formula is C48H59N7O14. The third-order valence-corrected chi connectivity index (χ3v) is 12.6. The summed E-state index contributed by atoms with van der Waals surface area (Å²) in [5.74, 6) is -8.24. The normalized spacial score (nSPS) is 27.4. The van der Waals surface area contributed by atoms with Gasteiger partial charge in [-0.15, -0.1) is 0 Å². The molecule has 11 atom stereocenters. The Morgan fingerprint density at radius 2 is 1.41 bits per heavy atom. The fraction of sp³-hybridized carbons (Fsp3) is 0.458. The van der Waals surface area contributed by atoms with Gasteiger partial charge in [-0.05, 0) is 72.4 Å². The number of aliphatic hydroxyl groups excluding tert-OH is 4. The second-order valence-corrected chi connectivity index (χ2v) is 17.9. The Labute approximate surface area is 397 Å². The molecule has 3 aliphatic rings. The third kappa shape index (κ3) is 12.2. The summed E-state index contributed by atoms with van der Waals surface area (Å²) < 4.78 is 5.22. The van der Waals surface area contributed by atoms with E-state index in [0.717, 1.165) is 20.9 Å². The molecule has 3 aromatic carbocycles. The SMILES string of the molecule is COc1ccc(-c2ccc(C(=O)N[C@H]3CC(=O)CNC(=O)[C@@H]4[C@@H](O)[C@@H](C)CN4C(=O)[C@H](CO)NC(=O)[C@H]([C@H](O)Cc4ccc(O)cc4)NC(=O)[C@@H]4C[C@@H](C)CN4C(=O)[C@H]([C@@H](C)O)NC3=O)cc2)cc1. The molecule has 21 nitrogen and oxygen atoms in total. The lowest BCUT2D eigenvalue weighted by molar-refractivity contribution is -0.146. The first-order valence-corrected chi connectivity index (χ1v) is 22.6. The Morgan fingerprint density at radius 3 is 2.01 bits per heavy atom. The molecule has 370 valence electrons. The van der Waals surface area contributed by atoms with Gasteiger partial charge in [0.25, 0.3) is 5.91 Å². The highest BCUT2D eigenvalue weighted by molar-refractivity contribution is 6.02. The molecule has 3 saturated heterocycles. The van der Waals surface area contributed by atoms with Gasteiger partial charge in [-0.1, -0.05) is 50.2 Å². The molecule has 0 unspecified atom stereocenters. The molecule has 69 heavy (non-hydrogen) atoms. The molecule has 6 rings (SSSR count). The van der Waals surface area contributed by atoms with Gasteiger partial charge in [0.1, 0.15) is 47.8 Å². The standard InChI is InChI=1S/C48H59N7O14/c1-24-17-36-44(64)53-39(37(60)18-27-5-13-31(58)14-6-27)45(65)51-35(23-56)47(67)55-22-25(2)41(61)40(55)46(66)49-20-32(59)19-34(43(63)52-38(26(3)57)48(68)54(36)21-24)50-42(62)30-9-7-28(8-10-30)29-11-15-33(69-4)16-12-29/h5-16,24-26,34-41,56-58,60-61H,17-23H2,1-4H3,(H,49,66)(H,50,62)(H,51,65)(H,52,63)(H,53,64)/t24-,25+,26-,34+,35+,36+,37-,38+,39+,40+,41+/m1/s1. The first kappa shape index (κ1) is 51.5. The van der Waals surface area contributed by atoms with Crippen LogP contribution in [0.1, 0.15) is 49.5 Å². The average molecular weight is 958 g/mol. The Hall–Kier alpha value is -6.94. The minimum atomic E-state index is -1.85. The topological polar surface area (TPSA) is 314 Å². The lowest BCUT2D eigenvalue weighted by atomic mass is 9.99. The van der Waals surface area contributed by atoms with E-state index < -0.39 is 127 Å². The van der Waals surface area contributed by atoms with Gasteiger partial charge >= 0.3 is 0 Å². The van der Waals surface area contributed by atoms with E-state index >= 15 is 0 Å². The number of hydrogen-bond donors (Lipinski definition) is 10. The predicted molar refractivity (Wildman–Crippen MR) is 245 cm³/mol. The van der Waals surface area contributed by atoms with Gasteiger partial charge in [0.15, 0.2) is 5.78 Å². The second kappa shape index (κ2) is 22.4. The summed E-state index contributed by atoms with van der Waals surface area (Å²) in [4.78, 5) is 114.